The van der Waals surface area contributed by atoms with Crippen LogP contribution < -0.4 is 0 Å². The minimum Gasteiger partial charge on any atom is -0.480 e. The van der Waals surface area contributed by atoms with Gasteiger partial charge in [0.25, 0.3) is 0 Å². The van der Waals surface area contributed by atoms with E-state index in [1.807, 2.05) is 6.92 Å². The fourth-order valence-electron chi connectivity index (χ4n) is 2.00. The lowest BCUT2D eigenvalue weighted by Crippen LogP contribution is -2.44. The molecule has 0 unspecified atom stereocenters. The Labute approximate surface area is 134 Å². The third-order valence-electron chi connectivity index (χ3n) is 3.08. The molecule has 0 saturated heterocycles. The largest absolute Gasteiger partial charge is 0.480 e. The monoisotopic (exact) mass is 332 g/mol. The van der Waals surface area contributed by atoms with E-state index in [0.29, 0.717) is 6.42 Å². The van der Waals surface area contributed by atoms with Crippen LogP contribution in [0.3, 0.4) is 0 Å². The molecule has 0 aromatic heterocycles. The van der Waals surface area contributed by atoms with Gasteiger partial charge in [-0.05, 0) is 6.42 Å². The number of nitrogens with zero attached hydrogens (tertiary/aromatic N) is 2. The minimum absolute atomic E-state index is 0.0224. The number of carboxylic acids is 3. The van der Waals surface area contributed by atoms with Gasteiger partial charge in [-0.2, -0.15) is 0 Å². The van der Waals surface area contributed by atoms with Crippen molar-refractivity contribution in [3.05, 3.63) is 0 Å². The van der Waals surface area contributed by atoms with Crippen molar-refractivity contribution in [3.63, 3.8) is 0 Å². The first-order valence-corrected chi connectivity index (χ1v) is 7.41. The molecular formula is C14H24N2O7. The molecular weight excluding hydrogens is 308 g/mol. The Balaban J connectivity index is 4.64. The average molecular weight is 332 g/mol. The van der Waals surface area contributed by atoms with Crippen molar-refractivity contribution in [2.75, 3.05) is 32.7 Å². The molecule has 0 aliphatic carbocycles. The summed E-state index contributed by atoms with van der Waals surface area (Å²) in [6.45, 7) is 0.464. The Morgan fingerprint density at radius 2 is 1.30 bits per heavy atom. The molecule has 0 aliphatic rings. The lowest BCUT2D eigenvalue weighted by molar-refractivity contribution is -0.145. The number of hydrogen-bond acceptors (Lipinski definition) is 5. The molecule has 0 aromatic carbocycles. The van der Waals surface area contributed by atoms with Crippen molar-refractivity contribution in [3.8, 4) is 0 Å². The Kier molecular flexibility index (Phi) is 10.3. The quantitative estimate of drug-likeness (QED) is 0.399. The molecule has 0 heterocycles. The van der Waals surface area contributed by atoms with Gasteiger partial charge in [-0.1, -0.05) is 19.8 Å². The van der Waals surface area contributed by atoms with Gasteiger partial charge in [-0.3, -0.25) is 24.1 Å². The lowest BCUT2D eigenvalue weighted by atomic mass is 10.2. The second-order valence-electron chi connectivity index (χ2n) is 5.16. The van der Waals surface area contributed by atoms with E-state index in [2.05, 4.69) is 0 Å². The van der Waals surface area contributed by atoms with Gasteiger partial charge in [0, 0.05) is 19.5 Å². The fraction of sp³-hybridized carbons (Fsp3) is 0.714. The van der Waals surface area contributed by atoms with Crippen LogP contribution in [0.5, 0.6) is 0 Å². The molecule has 0 radical (unpaired) electrons. The van der Waals surface area contributed by atoms with Gasteiger partial charge in [0.2, 0.25) is 5.91 Å². The highest BCUT2D eigenvalue weighted by Gasteiger charge is 2.19. The van der Waals surface area contributed by atoms with E-state index in [0.717, 1.165) is 22.6 Å². The predicted octanol–water partition coefficient (Wildman–Crippen LogP) is -0.0489. The summed E-state index contributed by atoms with van der Waals surface area (Å²) in [5.41, 5.74) is 0. The van der Waals surface area contributed by atoms with Crippen molar-refractivity contribution >= 4 is 23.8 Å². The van der Waals surface area contributed by atoms with Crippen molar-refractivity contribution in [1.29, 1.82) is 0 Å². The maximum absolute atomic E-state index is 12.0. The number of hydrogen-bond donors (Lipinski definition) is 3. The van der Waals surface area contributed by atoms with Gasteiger partial charge in [-0.15, -0.1) is 0 Å². The first-order chi connectivity index (χ1) is 10.8. The smallest absolute Gasteiger partial charge is 0.323 e. The summed E-state index contributed by atoms with van der Waals surface area (Å²) in [7, 11) is 0. The zero-order valence-corrected chi connectivity index (χ0v) is 13.2. The summed E-state index contributed by atoms with van der Waals surface area (Å²) in [4.78, 5) is 46.6. The van der Waals surface area contributed by atoms with Crippen LogP contribution in [0.25, 0.3) is 0 Å². The number of carboxylic acid groups (broad SMARTS) is 3. The highest BCUT2D eigenvalue weighted by Crippen LogP contribution is 2.04. The summed E-state index contributed by atoms with van der Waals surface area (Å²) in [5, 5.41) is 26.4. The normalized spacial score (nSPS) is 10.5. The standard InChI is InChI=1S/C14H24N2O7/c1-2-3-4-5-11(17)16(10-14(22)23)7-6-15(8-12(18)19)9-13(20)21/h2-10H2,1H3,(H,18,19)(H,20,21)(H,22,23). The Morgan fingerprint density at radius 3 is 1.74 bits per heavy atom. The second-order valence-corrected chi connectivity index (χ2v) is 5.16. The molecule has 0 aliphatic heterocycles. The van der Waals surface area contributed by atoms with Crippen molar-refractivity contribution in [2.24, 2.45) is 0 Å². The fourth-order valence-corrected chi connectivity index (χ4v) is 2.00. The topological polar surface area (TPSA) is 135 Å². The van der Waals surface area contributed by atoms with Gasteiger partial charge in [0.15, 0.2) is 0 Å². The van der Waals surface area contributed by atoms with Crippen LogP contribution in [0.2, 0.25) is 0 Å². The number of carbonyl (C=O) groups excluding carboxylic acids is 1. The van der Waals surface area contributed by atoms with Crippen LogP contribution >= 0.6 is 0 Å². The molecule has 0 aromatic rings. The molecule has 1 amide bonds. The zero-order valence-electron chi connectivity index (χ0n) is 13.2. The van der Waals surface area contributed by atoms with Gasteiger partial charge >= 0.3 is 17.9 Å². The Morgan fingerprint density at radius 1 is 0.783 bits per heavy atom. The molecule has 3 N–H and O–H groups in total. The number of amides is 1. The van der Waals surface area contributed by atoms with Gasteiger partial charge in [0.05, 0.1) is 13.1 Å². The number of unbranched alkanes of at least 4 members (excludes halogenated alkanes) is 2. The summed E-state index contributed by atoms with van der Waals surface area (Å²) >= 11 is 0. The summed E-state index contributed by atoms with van der Waals surface area (Å²) in [5.74, 6) is -3.88. The highest BCUT2D eigenvalue weighted by atomic mass is 16.4. The minimum atomic E-state index is -1.19. The number of aliphatic carboxylic acids is 3. The molecule has 9 heteroatoms. The van der Waals surface area contributed by atoms with Crippen molar-refractivity contribution < 1.29 is 34.5 Å². The first-order valence-electron chi connectivity index (χ1n) is 7.41. The maximum Gasteiger partial charge on any atom is 0.323 e. The predicted molar refractivity (Wildman–Crippen MR) is 80.1 cm³/mol. The van der Waals surface area contributed by atoms with Crippen molar-refractivity contribution in [2.45, 2.75) is 32.6 Å². The number of rotatable bonds is 13. The highest BCUT2D eigenvalue weighted by molar-refractivity contribution is 5.81. The van der Waals surface area contributed by atoms with Crippen LogP contribution in [-0.4, -0.2) is 81.7 Å². The molecule has 23 heavy (non-hydrogen) atoms. The van der Waals surface area contributed by atoms with E-state index in [4.69, 9.17) is 15.3 Å². The molecule has 132 valence electrons. The Bertz CT molecular complexity index is 409. The van der Waals surface area contributed by atoms with Crippen LogP contribution in [-0.2, 0) is 19.2 Å². The molecule has 0 atom stereocenters. The lowest BCUT2D eigenvalue weighted by Gasteiger charge is -2.25. The van der Waals surface area contributed by atoms with Crippen molar-refractivity contribution in [1.82, 2.24) is 9.80 Å². The van der Waals surface area contributed by atoms with E-state index >= 15 is 0 Å². The molecule has 0 fully saturated rings. The van der Waals surface area contributed by atoms with E-state index in [1.165, 1.54) is 0 Å². The van der Waals surface area contributed by atoms with Crippen LogP contribution in [0.15, 0.2) is 0 Å². The third kappa shape index (κ3) is 11.1. The van der Waals surface area contributed by atoms with Gasteiger partial charge < -0.3 is 20.2 Å². The molecule has 0 saturated carbocycles. The summed E-state index contributed by atoms with van der Waals surface area (Å²) < 4.78 is 0. The molecule has 0 spiro atoms. The third-order valence-corrected chi connectivity index (χ3v) is 3.08. The molecule has 0 rings (SSSR count). The van der Waals surface area contributed by atoms with Gasteiger partial charge in [0.1, 0.15) is 6.54 Å². The van der Waals surface area contributed by atoms with E-state index in [9.17, 15) is 19.2 Å². The molecule has 0 bridgehead atoms. The van der Waals surface area contributed by atoms with E-state index < -0.39 is 37.5 Å². The van der Waals surface area contributed by atoms with Crippen LogP contribution in [0.1, 0.15) is 32.6 Å². The average Bonchev–Trinajstić information content (AvgIpc) is 2.41. The van der Waals surface area contributed by atoms with E-state index in [1.54, 1.807) is 0 Å². The maximum atomic E-state index is 12.0. The second kappa shape index (κ2) is 11.4. The summed E-state index contributed by atoms with van der Waals surface area (Å²) in [6.07, 6.45) is 2.66. The van der Waals surface area contributed by atoms with Gasteiger partial charge in [-0.25, -0.2) is 0 Å². The van der Waals surface area contributed by atoms with E-state index in [-0.39, 0.29) is 25.4 Å². The first kappa shape index (κ1) is 20.8. The van der Waals surface area contributed by atoms with Crippen LogP contribution in [0, 0.1) is 0 Å². The van der Waals surface area contributed by atoms with Crippen LogP contribution in [0.4, 0.5) is 0 Å². The number of carbonyl (C=O) groups is 4. The molecule has 9 nitrogen and oxygen atoms in total. The summed E-state index contributed by atoms with van der Waals surface area (Å²) in [6, 6.07) is 0. The SMILES string of the molecule is CCCCCC(=O)N(CCN(CC(=O)O)CC(=O)O)CC(=O)O. The Hall–Kier alpha value is -2.16. The zero-order chi connectivity index (χ0) is 17.8.